The maximum Gasteiger partial charge on any atom is 0.126 e. The Morgan fingerprint density at radius 3 is 2.71 bits per heavy atom. The van der Waals surface area contributed by atoms with Gasteiger partial charge in [-0.2, -0.15) is 0 Å². The number of nitrogens with zero attached hydrogens (tertiary/aromatic N) is 3. The van der Waals surface area contributed by atoms with Gasteiger partial charge in [0.25, 0.3) is 0 Å². The van der Waals surface area contributed by atoms with Gasteiger partial charge in [0.1, 0.15) is 11.6 Å². The van der Waals surface area contributed by atoms with Crippen molar-refractivity contribution in [2.24, 2.45) is 5.73 Å². The van der Waals surface area contributed by atoms with Gasteiger partial charge in [0.15, 0.2) is 0 Å². The van der Waals surface area contributed by atoms with Crippen LogP contribution < -0.4 is 10.6 Å². The van der Waals surface area contributed by atoms with Gasteiger partial charge in [0.2, 0.25) is 0 Å². The zero-order valence-corrected chi connectivity index (χ0v) is 8.53. The van der Waals surface area contributed by atoms with Crippen LogP contribution in [-0.2, 0) is 6.54 Å². The summed E-state index contributed by atoms with van der Waals surface area (Å²) >= 11 is 0. The molecule has 0 radical (unpaired) electrons. The zero-order chi connectivity index (χ0) is 9.97. The lowest BCUT2D eigenvalue weighted by molar-refractivity contribution is 0.312. The summed E-state index contributed by atoms with van der Waals surface area (Å²) in [4.78, 5) is 12.1. The second-order valence-electron chi connectivity index (χ2n) is 3.71. The van der Waals surface area contributed by atoms with Crippen molar-refractivity contribution >= 4 is 5.82 Å². The van der Waals surface area contributed by atoms with Crippen molar-refractivity contribution in [3.63, 3.8) is 0 Å². The van der Waals surface area contributed by atoms with E-state index < -0.39 is 0 Å². The van der Waals surface area contributed by atoms with Crippen molar-refractivity contribution in [3.8, 4) is 0 Å². The first kappa shape index (κ1) is 9.48. The lowest BCUT2D eigenvalue weighted by Gasteiger charge is -2.32. The molecular weight excluding hydrogens is 178 g/mol. The number of nitrogens with one attached hydrogen (secondary N) is 1. The summed E-state index contributed by atoms with van der Waals surface area (Å²) in [5.41, 5.74) is 5.49. The van der Waals surface area contributed by atoms with Crippen molar-refractivity contribution in [1.29, 1.82) is 0 Å². The summed E-state index contributed by atoms with van der Waals surface area (Å²) in [6, 6.07) is 0. The van der Waals surface area contributed by atoms with Crippen LogP contribution in [0.25, 0.3) is 0 Å². The van der Waals surface area contributed by atoms with Crippen LogP contribution in [0.15, 0.2) is 6.20 Å². The van der Waals surface area contributed by atoms with Crippen LogP contribution in [0.2, 0.25) is 0 Å². The fourth-order valence-electron chi connectivity index (χ4n) is 1.66. The van der Waals surface area contributed by atoms with Gasteiger partial charge in [-0.3, -0.25) is 0 Å². The molecule has 0 unspecified atom stereocenters. The average molecular weight is 195 g/mol. The van der Waals surface area contributed by atoms with Gasteiger partial charge < -0.3 is 20.5 Å². The monoisotopic (exact) mass is 195 g/mol. The predicted octanol–water partition coefficient (Wildman–Crippen LogP) is -0.380. The third kappa shape index (κ3) is 1.88. The summed E-state index contributed by atoms with van der Waals surface area (Å²) in [6.45, 7) is 4.81. The Hall–Kier alpha value is -1.07. The smallest absolute Gasteiger partial charge is 0.126 e. The molecule has 2 heterocycles. The van der Waals surface area contributed by atoms with Crippen molar-refractivity contribution in [3.05, 3.63) is 12.0 Å². The molecule has 0 spiro atoms. The predicted molar refractivity (Wildman–Crippen MR) is 56.2 cm³/mol. The van der Waals surface area contributed by atoms with Crippen LogP contribution in [0.5, 0.6) is 0 Å². The van der Waals surface area contributed by atoms with E-state index in [2.05, 4.69) is 26.8 Å². The fourth-order valence-corrected chi connectivity index (χ4v) is 1.66. The highest BCUT2D eigenvalue weighted by atomic mass is 15.3. The Kier molecular flexibility index (Phi) is 2.69. The quantitative estimate of drug-likeness (QED) is 0.675. The van der Waals surface area contributed by atoms with E-state index in [1.54, 1.807) is 0 Å². The topological polar surface area (TPSA) is 61.2 Å². The molecule has 14 heavy (non-hydrogen) atoms. The van der Waals surface area contributed by atoms with Gasteiger partial charge in [0, 0.05) is 26.2 Å². The Morgan fingerprint density at radius 1 is 1.43 bits per heavy atom. The first-order valence-electron chi connectivity index (χ1n) is 4.97. The maximum atomic E-state index is 5.49. The number of hydrogen-bond donors (Lipinski definition) is 2. The molecule has 3 N–H and O–H groups in total. The van der Waals surface area contributed by atoms with E-state index in [9.17, 15) is 0 Å². The highest BCUT2D eigenvalue weighted by Crippen LogP contribution is 2.12. The van der Waals surface area contributed by atoms with Crippen LogP contribution in [0.1, 0.15) is 5.82 Å². The molecule has 1 aromatic rings. The number of aromatic amines is 1. The molecule has 1 aromatic heterocycles. The minimum absolute atomic E-state index is 0.480. The third-order valence-electron chi connectivity index (χ3n) is 2.65. The number of hydrogen-bond acceptors (Lipinski definition) is 4. The van der Waals surface area contributed by atoms with Crippen LogP contribution in [0.3, 0.4) is 0 Å². The largest absolute Gasteiger partial charge is 0.354 e. The van der Waals surface area contributed by atoms with Gasteiger partial charge >= 0.3 is 0 Å². The molecule has 5 heteroatoms. The van der Waals surface area contributed by atoms with E-state index in [4.69, 9.17) is 5.73 Å². The van der Waals surface area contributed by atoms with Gasteiger partial charge in [0.05, 0.1) is 12.7 Å². The molecule has 2 rings (SSSR count). The number of piperazine rings is 1. The highest BCUT2D eigenvalue weighted by Gasteiger charge is 2.15. The Balaban J connectivity index is 2.01. The number of imidazole rings is 1. The zero-order valence-electron chi connectivity index (χ0n) is 8.53. The molecule has 1 saturated heterocycles. The standard InChI is InChI=1S/C9H17N5/c1-13-2-4-14(5-3-13)9-7-11-8(6-10)12-9/h7H,2-6,10H2,1H3,(H,11,12). The van der Waals surface area contributed by atoms with Gasteiger partial charge in [-0.25, -0.2) is 4.98 Å². The molecule has 5 nitrogen and oxygen atoms in total. The van der Waals surface area contributed by atoms with Crippen LogP contribution in [0, 0.1) is 0 Å². The van der Waals surface area contributed by atoms with Crippen LogP contribution >= 0.6 is 0 Å². The summed E-state index contributed by atoms with van der Waals surface area (Å²) in [6.07, 6.45) is 1.87. The third-order valence-corrected chi connectivity index (χ3v) is 2.65. The molecular formula is C9H17N5. The van der Waals surface area contributed by atoms with Crippen LogP contribution in [-0.4, -0.2) is 48.1 Å². The van der Waals surface area contributed by atoms with E-state index >= 15 is 0 Å². The minimum atomic E-state index is 0.480. The van der Waals surface area contributed by atoms with E-state index in [-0.39, 0.29) is 0 Å². The van der Waals surface area contributed by atoms with Gasteiger partial charge in [-0.15, -0.1) is 0 Å². The highest BCUT2D eigenvalue weighted by molar-refractivity contribution is 5.37. The minimum Gasteiger partial charge on any atom is -0.354 e. The number of rotatable bonds is 2. The molecule has 0 saturated carbocycles. The molecule has 0 atom stereocenters. The lowest BCUT2D eigenvalue weighted by Crippen LogP contribution is -2.44. The Labute approximate surface area is 83.9 Å². The molecule has 0 bridgehead atoms. The number of likely N-dealkylation sites (N-methyl/N-ethyl adjacent to an activating group) is 1. The number of H-pyrrole nitrogens is 1. The van der Waals surface area contributed by atoms with E-state index in [1.807, 2.05) is 6.20 Å². The molecule has 1 fully saturated rings. The number of nitrogens with two attached hydrogens (primary N) is 1. The first-order valence-corrected chi connectivity index (χ1v) is 4.97. The average Bonchev–Trinajstić information content (AvgIpc) is 2.67. The summed E-state index contributed by atoms with van der Waals surface area (Å²) < 4.78 is 0. The second kappa shape index (κ2) is 3.98. The SMILES string of the molecule is CN1CCN(c2cnc(CN)[nH]2)CC1. The van der Waals surface area contributed by atoms with Crippen molar-refractivity contribution in [2.45, 2.75) is 6.54 Å². The first-order chi connectivity index (χ1) is 6.79. The molecule has 1 aliphatic heterocycles. The van der Waals surface area contributed by atoms with Gasteiger partial charge in [-0.05, 0) is 7.05 Å². The van der Waals surface area contributed by atoms with Crippen molar-refractivity contribution in [2.75, 3.05) is 38.1 Å². The van der Waals surface area contributed by atoms with E-state index in [1.165, 1.54) is 0 Å². The Bertz CT molecular complexity index is 287. The van der Waals surface area contributed by atoms with Crippen LogP contribution in [0.4, 0.5) is 5.82 Å². The van der Waals surface area contributed by atoms with Gasteiger partial charge in [-0.1, -0.05) is 0 Å². The molecule has 78 valence electrons. The molecule has 1 aliphatic rings. The lowest BCUT2D eigenvalue weighted by atomic mass is 10.3. The van der Waals surface area contributed by atoms with E-state index in [0.717, 1.165) is 37.8 Å². The number of anilines is 1. The number of aromatic nitrogens is 2. The molecule has 0 aromatic carbocycles. The summed E-state index contributed by atoms with van der Waals surface area (Å²) in [5.74, 6) is 1.96. The maximum absolute atomic E-state index is 5.49. The molecule has 0 amide bonds. The summed E-state index contributed by atoms with van der Waals surface area (Å²) in [5, 5.41) is 0. The second-order valence-corrected chi connectivity index (χ2v) is 3.71. The fraction of sp³-hybridized carbons (Fsp3) is 0.667. The summed E-state index contributed by atoms with van der Waals surface area (Å²) in [7, 11) is 2.15. The van der Waals surface area contributed by atoms with Crippen molar-refractivity contribution in [1.82, 2.24) is 14.9 Å². The Morgan fingerprint density at radius 2 is 2.14 bits per heavy atom. The molecule has 0 aliphatic carbocycles. The van der Waals surface area contributed by atoms with E-state index in [0.29, 0.717) is 6.54 Å². The van der Waals surface area contributed by atoms with Crippen molar-refractivity contribution < 1.29 is 0 Å². The normalized spacial score (nSPS) is 18.9.